The summed E-state index contributed by atoms with van der Waals surface area (Å²) in [5, 5.41) is 4.65. The summed E-state index contributed by atoms with van der Waals surface area (Å²) in [7, 11) is 0. The van der Waals surface area contributed by atoms with Crippen LogP contribution in [0.3, 0.4) is 0 Å². The van der Waals surface area contributed by atoms with Crippen molar-refractivity contribution >= 4 is 57.5 Å². The Kier molecular flexibility index (Phi) is 5.42. The number of thiophene rings is 1. The van der Waals surface area contributed by atoms with E-state index < -0.39 is 11.7 Å². The summed E-state index contributed by atoms with van der Waals surface area (Å²) in [5.41, 5.74) is 1.80. The van der Waals surface area contributed by atoms with Gasteiger partial charge in [0.2, 0.25) is 11.8 Å². The highest BCUT2D eigenvalue weighted by Gasteiger charge is 2.27. The standard InChI is InChI=1S/C21H15ClFN3O2S/c22-13-7-8-15(14(23)10-13)25-20(27)12-26-18-5-2-1-4-16(18)24-17(11-21(26)28)19-6-3-9-29-19/h1-10H,11-12H2,(H,25,27). The number of carbonyl (C=O) groups excluding carboxylic acids is 2. The molecule has 1 aliphatic rings. The van der Waals surface area contributed by atoms with Crippen LogP contribution in [0.2, 0.25) is 5.02 Å². The zero-order valence-corrected chi connectivity index (χ0v) is 16.6. The number of anilines is 2. The second-order valence-electron chi connectivity index (χ2n) is 6.35. The molecule has 0 saturated carbocycles. The third kappa shape index (κ3) is 4.21. The zero-order valence-electron chi connectivity index (χ0n) is 15.1. The first-order valence-corrected chi connectivity index (χ1v) is 10.0. The maximum absolute atomic E-state index is 14.0. The summed E-state index contributed by atoms with van der Waals surface area (Å²) < 4.78 is 14.0. The van der Waals surface area contributed by atoms with Gasteiger partial charge < -0.3 is 10.2 Å². The first-order valence-electron chi connectivity index (χ1n) is 8.77. The van der Waals surface area contributed by atoms with Gasteiger partial charge in [0.05, 0.1) is 29.2 Å². The van der Waals surface area contributed by atoms with Crippen molar-refractivity contribution < 1.29 is 14.0 Å². The van der Waals surface area contributed by atoms with E-state index in [1.807, 2.05) is 23.6 Å². The first kappa shape index (κ1) is 19.3. The molecule has 0 aliphatic carbocycles. The van der Waals surface area contributed by atoms with Gasteiger partial charge in [-0.1, -0.05) is 29.8 Å². The van der Waals surface area contributed by atoms with Crippen LogP contribution in [-0.2, 0) is 9.59 Å². The highest BCUT2D eigenvalue weighted by Crippen LogP contribution is 2.33. The summed E-state index contributed by atoms with van der Waals surface area (Å²) in [4.78, 5) is 32.5. The lowest BCUT2D eigenvalue weighted by Crippen LogP contribution is -2.38. The van der Waals surface area contributed by atoms with E-state index in [9.17, 15) is 14.0 Å². The van der Waals surface area contributed by atoms with Crippen LogP contribution in [0.25, 0.3) is 0 Å². The van der Waals surface area contributed by atoms with E-state index in [1.165, 1.54) is 28.4 Å². The molecule has 3 aromatic rings. The van der Waals surface area contributed by atoms with E-state index in [1.54, 1.807) is 18.2 Å². The molecule has 0 fully saturated rings. The zero-order chi connectivity index (χ0) is 20.4. The predicted octanol–water partition coefficient (Wildman–Crippen LogP) is 5.04. The van der Waals surface area contributed by atoms with Gasteiger partial charge in [-0.15, -0.1) is 11.3 Å². The maximum Gasteiger partial charge on any atom is 0.244 e. The lowest BCUT2D eigenvalue weighted by molar-refractivity contribution is -0.120. The molecule has 1 aliphatic heterocycles. The SMILES string of the molecule is O=C(CN1C(=O)CC(c2cccs2)=Nc2ccccc21)Nc1ccc(Cl)cc1F. The molecule has 2 aromatic carbocycles. The number of nitrogens with zero attached hydrogens (tertiary/aromatic N) is 2. The average Bonchev–Trinajstić information content (AvgIpc) is 3.19. The number of benzene rings is 2. The van der Waals surface area contributed by atoms with E-state index in [0.29, 0.717) is 17.1 Å². The Labute approximate surface area is 175 Å². The fraction of sp³-hybridized carbons (Fsp3) is 0.0952. The fourth-order valence-corrected chi connectivity index (χ4v) is 3.90. The number of rotatable bonds is 4. The monoisotopic (exact) mass is 427 g/mol. The molecule has 2 amide bonds. The quantitative estimate of drug-likeness (QED) is 0.634. The molecule has 0 spiro atoms. The molecule has 146 valence electrons. The van der Waals surface area contributed by atoms with Crippen molar-refractivity contribution in [2.24, 2.45) is 4.99 Å². The second kappa shape index (κ2) is 8.14. The van der Waals surface area contributed by atoms with Crippen LogP contribution in [-0.4, -0.2) is 24.1 Å². The van der Waals surface area contributed by atoms with Crippen LogP contribution >= 0.6 is 22.9 Å². The van der Waals surface area contributed by atoms with Gasteiger partial charge in [-0.2, -0.15) is 0 Å². The number of para-hydroxylation sites is 2. The van der Waals surface area contributed by atoms with Gasteiger partial charge in [-0.05, 0) is 41.8 Å². The molecule has 29 heavy (non-hydrogen) atoms. The highest BCUT2D eigenvalue weighted by atomic mass is 35.5. The van der Waals surface area contributed by atoms with E-state index in [0.717, 1.165) is 10.9 Å². The second-order valence-corrected chi connectivity index (χ2v) is 7.74. The molecule has 5 nitrogen and oxygen atoms in total. The number of hydrogen-bond acceptors (Lipinski definition) is 4. The van der Waals surface area contributed by atoms with Crippen molar-refractivity contribution in [1.29, 1.82) is 0 Å². The van der Waals surface area contributed by atoms with Crippen LogP contribution in [0.15, 0.2) is 65.0 Å². The number of carbonyl (C=O) groups is 2. The molecule has 0 unspecified atom stereocenters. The maximum atomic E-state index is 14.0. The number of halogens is 2. The summed E-state index contributed by atoms with van der Waals surface area (Å²) in [6.07, 6.45) is 0.0672. The smallest absolute Gasteiger partial charge is 0.244 e. The third-order valence-electron chi connectivity index (χ3n) is 4.36. The fourth-order valence-electron chi connectivity index (χ4n) is 3.03. The van der Waals surface area contributed by atoms with E-state index in [2.05, 4.69) is 10.3 Å². The van der Waals surface area contributed by atoms with Crippen molar-refractivity contribution in [3.8, 4) is 0 Å². The Morgan fingerprint density at radius 2 is 2.03 bits per heavy atom. The van der Waals surface area contributed by atoms with Gasteiger partial charge in [0.1, 0.15) is 12.4 Å². The van der Waals surface area contributed by atoms with Gasteiger partial charge in [0.25, 0.3) is 0 Å². The Hall–Kier alpha value is -3.03. The Bertz CT molecular complexity index is 1110. The number of fused-ring (bicyclic) bond motifs is 1. The van der Waals surface area contributed by atoms with Crippen molar-refractivity contribution in [3.63, 3.8) is 0 Å². The molecular formula is C21H15ClFN3O2S. The molecule has 0 atom stereocenters. The van der Waals surface area contributed by atoms with E-state index in [4.69, 9.17) is 11.6 Å². The van der Waals surface area contributed by atoms with E-state index >= 15 is 0 Å². The van der Waals surface area contributed by atoms with Gasteiger partial charge >= 0.3 is 0 Å². The molecule has 4 rings (SSSR count). The number of aliphatic imine (C=N–C) groups is 1. The highest BCUT2D eigenvalue weighted by molar-refractivity contribution is 7.12. The van der Waals surface area contributed by atoms with Crippen molar-refractivity contribution in [3.05, 3.63) is 75.7 Å². The summed E-state index contributed by atoms with van der Waals surface area (Å²) in [6, 6.07) is 14.9. The molecule has 0 bridgehead atoms. The van der Waals surface area contributed by atoms with Crippen molar-refractivity contribution in [2.45, 2.75) is 6.42 Å². The van der Waals surface area contributed by atoms with Crippen LogP contribution < -0.4 is 10.2 Å². The van der Waals surface area contributed by atoms with Gasteiger partial charge in [0, 0.05) is 9.90 Å². The van der Waals surface area contributed by atoms with Crippen molar-refractivity contribution in [2.75, 3.05) is 16.8 Å². The minimum Gasteiger partial charge on any atom is -0.322 e. The molecule has 1 N–H and O–H groups in total. The van der Waals surface area contributed by atoms with Gasteiger partial charge in [-0.3, -0.25) is 9.59 Å². The molecule has 1 aromatic heterocycles. The van der Waals surface area contributed by atoms with Gasteiger partial charge in [-0.25, -0.2) is 9.38 Å². The summed E-state index contributed by atoms with van der Waals surface area (Å²) in [6.45, 7) is -0.259. The topological polar surface area (TPSA) is 61.8 Å². The lowest BCUT2D eigenvalue weighted by atomic mass is 10.2. The van der Waals surface area contributed by atoms with Crippen LogP contribution in [0.1, 0.15) is 11.3 Å². The summed E-state index contributed by atoms with van der Waals surface area (Å²) >= 11 is 7.24. The Balaban J connectivity index is 1.60. The lowest BCUT2D eigenvalue weighted by Gasteiger charge is -2.22. The Morgan fingerprint density at radius 1 is 1.21 bits per heavy atom. The van der Waals surface area contributed by atoms with Gasteiger partial charge in [0.15, 0.2) is 0 Å². The van der Waals surface area contributed by atoms with Crippen LogP contribution in [0, 0.1) is 5.82 Å². The number of hydrogen-bond donors (Lipinski definition) is 1. The molecule has 2 heterocycles. The molecule has 0 saturated heterocycles. The average molecular weight is 428 g/mol. The number of nitrogens with one attached hydrogen (secondary N) is 1. The largest absolute Gasteiger partial charge is 0.322 e. The third-order valence-corrected chi connectivity index (χ3v) is 5.51. The predicted molar refractivity (Wildman–Crippen MR) is 114 cm³/mol. The van der Waals surface area contributed by atoms with Crippen LogP contribution in [0.4, 0.5) is 21.5 Å². The van der Waals surface area contributed by atoms with E-state index in [-0.39, 0.29) is 29.6 Å². The number of amides is 2. The molecular weight excluding hydrogens is 413 g/mol. The summed E-state index contributed by atoms with van der Waals surface area (Å²) in [5.74, 6) is -1.42. The van der Waals surface area contributed by atoms with Crippen LogP contribution in [0.5, 0.6) is 0 Å². The molecule has 0 radical (unpaired) electrons. The normalized spacial score (nSPS) is 13.5. The Morgan fingerprint density at radius 3 is 2.79 bits per heavy atom. The minimum atomic E-state index is -0.642. The first-order chi connectivity index (χ1) is 14.0. The van der Waals surface area contributed by atoms with Crippen molar-refractivity contribution in [1.82, 2.24) is 0 Å². The molecule has 8 heteroatoms. The minimum absolute atomic E-state index is 0.00507.